The van der Waals surface area contributed by atoms with Crippen molar-refractivity contribution in [1.82, 2.24) is 4.98 Å². The van der Waals surface area contributed by atoms with E-state index in [9.17, 15) is 4.79 Å². The van der Waals surface area contributed by atoms with Gasteiger partial charge in [-0.15, -0.1) is 11.3 Å². The number of ether oxygens (including phenoxy) is 3. The number of nitrogens with zero attached hydrogens (tertiary/aromatic N) is 1. The summed E-state index contributed by atoms with van der Waals surface area (Å²) in [7, 11) is 3.07. The maximum absolute atomic E-state index is 12.7. The van der Waals surface area contributed by atoms with Gasteiger partial charge in [-0.25, -0.2) is 4.98 Å². The van der Waals surface area contributed by atoms with Crippen molar-refractivity contribution < 1.29 is 23.4 Å². The van der Waals surface area contributed by atoms with E-state index in [-0.39, 0.29) is 5.91 Å². The van der Waals surface area contributed by atoms with Crippen LogP contribution in [0.4, 0.5) is 5.13 Å². The summed E-state index contributed by atoms with van der Waals surface area (Å²) in [6.45, 7) is 2.48. The summed E-state index contributed by atoms with van der Waals surface area (Å²) in [6.07, 6.45) is 0. The van der Waals surface area contributed by atoms with Crippen molar-refractivity contribution in [1.29, 1.82) is 0 Å². The molecule has 1 N–H and O–H groups in total. The highest BCUT2D eigenvalue weighted by Gasteiger charge is 2.16. The van der Waals surface area contributed by atoms with E-state index in [1.54, 1.807) is 18.2 Å². The van der Waals surface area contributed by atoms with Crippen molar-refractivity contribution in [2.45, 2.75) is 6.92 Å². The molecule has 30 heavy (non-hydrogen) atoms. The normalized spacial score (nSPS) is 10.8. The molecule has 0 aliphatic heterocycles. The van der Waals surface area contributed by atoms with Gasteiger partial charge >= 0.3 is 0 Å². The molecule has 2 heterocycles. The molecule has 4 aromatic rings. The van der Waals surface area contributed by atoms with E-state index in [0.29, 0.717) is 51.6 Å². The Morgan fingerprint density at radius 3 is 2.60 bits per heavy atom. The third-order valence-electron chi connectivity index (χ3n) is 4.40. The summed E-state index contributed by atoms with van der Waals surface area (Å²) in [5.74, 6) is 2.06. The first-order chi connectivity index (χ1) is 14.6. The first kappa shape index (κ1) is 19.8. The van der Waals surface area contributed by atoms with Crippen LogP contribution >= 0.6 is 11.3 Å². The lowest BCUT2D eigenvalue weighted by Crippen LogP contribution is -2.12. The zero-order valence-electron chi connectivity index (χ0n) is 16.7. The smallest absolute Gasteiger partial charge is 0.257 e. The molecule has 8 heteroatoms. The number of fused-ring (bicyclic) bond motifs is 1. The Hall–Kier alpha value is -3.52. The highest BCUT2D eigenvalue weighted by Crippen LogP contribution is 2.34. The summed E-state index contributed by atoms with van der Waals surface area (Å²) in [5, 5.41) is 6.03. The summed E-state index contributed by atoms with van der Waals surface area (Å²) in [5.41, 5.74) is 1.72. The zero-order chi connectivity index (χ0) is 21.1. The van der Waals surface area contributed by atoms with Gasteiger partial charge in [-0.2, -0.15) is 0 Å². The van der Waals surface area contributed by atoms with Gasteiger partial charge in [0.25, 0.3) is 5.91 Å². The Labute approximate surface area is 177 Å². The highest BCUT2D eigenvalue weighted by molar-refractivity contribution is 7.14. The molecule has 1 amide bonds. The number of methoxy groups -OCH3 is 2. The number of thiazole rings is 1. The van der Waals surface area contributed by atoms with E-state index < -0.39 is 0 Å². The lowest BCUT2D eigenvalue weighted by molar-refractivity contribution is 0.102. The number of rotatable bonds is 7. The average molecular weight is 424 g/mol. The molecule has 0 fully saturated rings. The number of carbonyl (C=O) groups is 1. The monoisotopic (exact) mass is 424 g/mol. The molecule has 154 valence electrons. The molecule has 0 radical (unpaired) electrons. The second kappa shape index (κ2) is 8.46. The SMILES string of the molecule is CCOc1cccc2cc(-c3csc(NC(=O)c4cc(OC)cc(OC)c4)n3)oc12. The Kier molecular flexibility index (Phi) is 5.58. The van der Waals surface area contributed by atoms with E-state index >= 15 is 0 Å². The summed E-state index contributed by atoms with van der Waals surface area (Å²) in [6, 6.07) is 12.6. The Balaban J connectivity index is 1.57. The summed E-state index contributed by atoms with van der Waals surface area (Å²) >= 11 is 1.31. The van der Waals surface area contributed by atoms with E-state index in [1.165, 1.54) is 25.6 Å². The standard InChI is InChI=1S/C22H20N2O5S/c1-4-28-18-7-5-6-13-10-19(29-20(13)18)17-12-30-22(23-17)24-21(25)14-8-15(26-2)11-16(9-14)27-3/h5-12H,4H2,1-3H3,(H,23,24,25). The van der Waals surface area contributed by atoms with Crippen LogP contribution in [-0.2, 0) is 0 Å². The predicted molar refractivity (Wildman–Crippen MR) is 116 cm³/mol. The predicted octanol–water partition coefficient (Wildman–Crippen LogP) is 5.22. The Morgan fingerprint density at radius 1 is 1.13 bits per heavy atom. The van der Waals surface area contributed by atoms with Crippen molar-refractivity contribution in [2.24, 2.45) is 0 Å². The second-order valence-electron chi connectivity index (χ2n) is 6.31. The average Bonchev–Trinajstić information content (AvgIpc) is 3.41. The van der Waals surface area contributed by atoms with Gasteiger partial charge in [0.2, 0.25) is 0 Å². The van der Waals surface area contributed by atoms with Gasteiger partial charge < -0.3 is 18.6 Å². The largest absolute Gasteiger partial charge is 0.497 e. The van der Waals surface area contributed by atoms with Crippen molar-refractivity contribution in [3.63, 3.8) is 0 Å². The Bertz CT molecular complexity index is 1180. The molecule has 0 saturated heterocycles. The summed E-state index contributed by atoms with van der Waals surface area (Å²) < 4.78 is 22.0. The first-order valence-corrected chi connectivity index (χ1v) is 10.1. The number of benzene rings is 2. The lowest BCUT2D eigenvalue weighted by atomic mass is 10.2. The van der Waals surface area contributed by atoms with Crippen molar-refractivity contribution >= 4 is 33.3 Å². The van der Waals surface area contributed by atoms with Crippen LogP contribution in [0.2, 0.25) is 0 Å². The minimum atomic E-state index is -0.309. The second-order valence-corrected chi connectivity index (χ2v) is 7.17. The number of hydrogen-bond acceptors (Lipinski definition) is 7. The van der Waals surface area contributed by atoms with Gasteiger partial charge in [-0.05, 0) is 31.2 Å². The van der Waals surface area contributed by atoms with Gasteiger partial charge in [0, 0.05) is 22.4 Å². The number of hydrogen-bond donors (Lipinski definition) is 1. The van der Waals surface area contributed by atoms with E-state index in [2.05, 4.69) is 10.3 Å². The number of anilines is 1. The fourth-order valence-corrected chi connectivity index (χ4v) is 3.68. The molecule has 0 saturated carbocycles. The molecule has 0 aliphatic carbocycles. The molecule has 0 unspecified atom stereocenters. The summed E-state index contributed by atoms with van der Waals surface area (Å²) in [4.78, 5) is 17.1. The molecule has 7 nitrogen and oxygen atoms in total. The zero-order valence-corrected chi connectivity index (χ0v) is 17.5. The molecule has 2 aromatic carbocycles. The molecule has 2 aromatic heterocycles. The van der Waals surface area contributed by atoms with Crippen LogP contribution in [0.25, 0.3) is 22.4 Å². The fraction of sp³-hybridized carbons (Fsp3) is 0.182. The van der Waals surface area contributed by atoms with Gasteiger partial charge in [0.1, 0.15) is 17.2 Å². The third kappa shape index (κ3) is 3.95. The molecule has 4 rings (SSSR count). The van der Waals surface area contributed by atoms with E-state index in [4.69, 9.17) is 18.6 Å². The fourth-order valence-electron chi connectivity index (χ4n) is 2.98. The highest BCUT2D eigenvalue weighted by atomic mass is 32.1. The van der Waals surface area contributed by atoms with Crippen LogP contribution in [0.15, 0.2) is 52.3 Å². The van der Waals surface area contributed by atoms with Crippen molar-refractivity contribution in [2.75, 3.05) is 26.1 Å². The molecule has 0 atom stereocenters. The lowest BCUT2D eigenvalue weighted by Gasteiger charge is -2.08. The van der Waals surface area contributed by atoms with Crippen LogP contribution in [0.1, 0.15) is 17.3 Å². The number of furan rings is 1. The number of para-hydroxylation sites is 1. The topological polar surface area (TPSA) is 82.8 Å². The molecule has 0 aliphatic rings. The third-order valence-corrected chi connectivity index (χ3v) is 5.16. The van der Waals surface area contributed by atoms with Gasteiger partial charge in [0.15, 0.2) is 22.2 Å². The van der Waals surface area contributed by atoms with Crippen molar-refractivity contribution in [3.05, 3.63) is 53.4 Å². The van der Waals surface area contributed by atoms with Crippen LogP contribution in [0.3, 0.4) is 0 Å². The minimum absolute atomic E-state index is 0.309. The minimum Gasteiger partial charge on any atom is -0.497 e. The maximum atomic E-state index is 12.7. The maximum Gasteiger partial charge on any atom is 0.257 e. The Morgan fingerprint density at radius 2 is 1.90 bits per heavy atom. The molecule has 0 bridgehead atoms. The number of carbonyl (C=O) groups excluding carboxylic acids is 1. The van der Waals surface area contributed by atoms with Gasteiger partial charge in [-0.1, -0.05) is 12.1 Å². The molecular formula is C22H20N2O5S. The van der Waals surface area contributed by atoms with Gasteiger partial charge in [0.05, 0.1) is 20.8 Å². The van der Waals surface area contributed by atoms with E-state index in [0.717, 1.165) is 5.39 Å². The van der Waals surface area contributed by atoms with Crippen LogP contribution in [-0.4, -0.2) is 31.7 Å². The number of aromatic nitrogens is 1. The van der Waals surface area contributed by atoms with E-state index in [1.807, 2.05) is 36.6 Å². The van der Waals surface area contributed by atoms with Crippen molar-refractivity contribution in [3.8, 4) is 28.7 Å². The first-order valence-electron chi connectivity index (χ1n) is 9.27. The molecular weight excluding hydrogens is 404 g/mol. The quantitative estimate of drug-likeness (QED) is 0.438. The number of nitrogens with one attached hydrogen (secondary N) is 1. The molecule has 0 spiro atoms. The number of amides is 1. The van der Waals surface area contributed by atoms with Crippen LogP contribution in [0, 0.1) is 0 Å². The van der Waals surface area contributed by atoms with Crippen LogP contribution < -0.4 is 19.5 Å². The van der Waals surface area contributed by atoms with Crippen LogP contribution in [0.5, 0.6) is 17.2 Å². The van der Waals surface area contributed by atoms with Gasteiger partial charge in [-0.3, -0.25) is 10.1 Å².